The first kappa shape index (κ1) is 15.8. The van der Waals surface area contributed by atoms with Crippen LogP contribution < -0.4 is 0 Å². The van der Waals surface area contributed by atoms with E-state index in [1.54, 1.807) is 6.92 Å². The van der Waals surface area contributed by atoms with Gasteiger partial charge in [-0.05, 0) is 25.7 Å². The predicted molar refractivity (Wildman–Crippen MR) is 73.3 cm³/mol. The molecule has 0 saturated heterocycles. The van der Waals surface area contributed by atoms with Gasteiger partial charge in [-0.3, -0.25) is 0 Å². The molecule has 0 amide bonds. The van der Waals surface area contributed by atoms with Gasteiger partial charge in [0.25, 0.3) is 6.43 Å². The predicted octanol–water partition coefficient (Wildman–Crippen LogP) is 3.88. The maximum atomic E-state index is 13.2. The van der Waals surface area contributed by atoms with Crippen molar-refractivity contribution in [3.05, 3.63) is 23.3 Å². The Balaban J connectivity index is 2.29. The molecule has 1 fully saturated rings. The summed E-state index contributed by atoms with van der Waals surface area (Å²) in [5, 5.41) is 0. The van der Waals surface area contributed by atoms with Crippen molar-refractivity contribution in [2.24, 2.45) is 5.92 Å². The third-order valence-corrected chi connectivity index (χ3v) is 3.84. The molecular formula is C15H20F2N2O2. The summed E-state index contributed by atoms with van der Waals surface area (Å²) < 4.78 is 31.1. The van der Waals surface area contributed by atoms with Crippen molar-refractivity contribution in [3.8, 4) is 0 Å². The summed E-state index contributed by atoms with van der Waals surface area (Å²) in [4.78, 5) is 19.8. The molecule has 4 nitrogen and oxygen atoms in total. The quantitative estimate of drug-likeness (QED) is 0.791. The van der Waals surface area contributed by atoms with Gasteiger partial charge in [-0.1, -0.05) is 19.8 Å². The number of alkyl halides is 2. The van der Waals surface area contributed by atoms with Crippen molar-refractivity contribution in [2.45, 2.75) is 51.9 Å². The molecule has 0 aromatic carbocycles. The van der Waals surface area contributed by atoms with Gasteiger partial charge >= 0.3 is 5.97 Å². The van der Waals surface area contributed by atoms with Crippen LogP contribution in [0.25, 0.3) is 0 Å². The monoisotopic (exact) mass is 298 g/mol. The second kappa shape index (κ2) is 6.91. The smallest absolute Gasteiger partial charge is 0.341 e. The molecule has 116 valence electrons. The van der Waals surface area contributed by atoms with Crippen LogP contribution in [0.1, 0.15) is 73.8 Å². The van der Waals surface area contributed by atoms with E-state index < -0.39 is 18.1 Å². The maximum absolute atomic E-state index is 13.2. The fourth-order valence-electron chi connectivity index (χ4n) is 2.81. The largest absolute Gasteiger partial charge is 0.462 e. The third kappa shape index (κ3) is 3.74. The molecule has 1 saturated carbocycles. The number of aromatic nitrogens is 2. The van der Waals surface area contributed by atoms with E-state index in [-0.39, 0.29) is 18.1 Å². The van der Waals surface area contributed by atoms with Crippen LogP contribution in [-0.4, -0.2) is 22.5 Å². The molecule has 2 unspecified atom stereocenters. The average Bonchev–Trinajstić information content (AvgIpc) is 2.46. The Morgan fingerprint density at radius 3 is 2.86 bits per heavy atom. The van der Waals surface area contributed by atoms with Gasteiger partial charge in [0, 0.05) is 12.1 Å². The summed E-state index contributed by atoms with van der Waals surface area (Å²) in [5.74, 6) is 0.274. The highest BCUT2D eigenvalue weighted by Gasteiger charge is 2.27. The summed E-state index contributed by atoms with van der Waals surface area (Å²) in [7, 11) is 0. The van der Waals surface area contributed by atoms with E-state index in [0.717, 1.165) is 25.7 Å². The highest BCUT2D eigenvalue weighted by Crippen LogP contribution is 2.35. The van der Waals surface area contributed by atoms with Gasteiger partial charge in [-0.25, -0.2) is 23.5 Å². The van der Waals surface area contributed by atoms with E-state index in [2.05, 4.69) is 16.9 Å². The van der Waals surface area contributed by atoms with Gasteiger partial charge in [0.2, 0.25) is 0 Å². The Labute approximate surface area is 122 Å². The van der Waals surface area contributed by atoms with Crippen molar-refractivity contribution >= 4 is 5.97 Å². The standard InChI is InChI=1S/C15H20F2N2O2/c1-3-21-15(20)11-8-18-14(19-12(11)13(16)17)10-6-4-5-9(2)7-10/h8-10,13H,3-7H2,1-2H3. The Bertz CT molecular complexity index is 508. The zero-order valence-electron chi connectivity index (χ0n) is 12.3. The molecule has 1 aliphatic carbocycles. The number of carbonyl (C=O) groups is 1. The molecule has 2 rings (SSSR count). The molecule has 21 heavy (non-hydrogen) atoms. The van der Waals surface area contributed by atoms with Crippen molar-refractivity contribution in [1.82, 2.24) is 9.97 Å². The average molecular weight is 298 g/mol. The first-order valence-corrected chi connectivity index (χ1v) is 7.35. The van der Waals surface area contributed by atoms with Gasteiger partial charge in [-0.15, -0.1) is 0 Å². The number of hydrogen-bond donors (Lipinski definition) is 0. The van der Waals surface area contributed by atoms with Crippen LogP contribution in [0.2, 0.25) is 0 Å². The van der Waals surface area contributed by atoms with E-state index >= 15 is 0 Å². The summed E-state index contributed by atoms with van der Waals surface area (Å²) in [6.07, 6.45) is 2.39. The summed E-state index contributed by atoms with van der Waals surface area (Å²) >= 11 is 0. The number of ether oxygens (including phenoxy) is 1. The molecule has 0 spiro atoms. The first-order valence-electron chi connectivity index (χ1n) is 7.35. The molecule has 0 N–H and O–H groups in total. The highest BCUT2D eigenvalue weighted by atomic mass is 19.3. The minimum atomic E-state index is -2.81. The van der Waals surface area contributed by atoms with Crippen molar-refractivity contribution in [1.29, 1.82) is 0 Å². The van der Waals surface area contributed by atoms with Gasteiger partial charge in [0.05, 0.1) is 6.61 Å². The fourth-order valence-corrected chi connectivity index (χ4v) is 2.81. The third-order valence-electron chi connectivity index (χ3n) is 3.84. The molecule has 1 aromatic rings. The van der Waals surface area contributed by atoms with Gasteiger partial charge in [-0.2, -0.15) is 0 Å². The molecule has 1 heterocycles. The van der Waals surface area contributed by atoms with E-state index in [1.807, 2.05) is 0 Å². The fraction of sp³-hybridized carbons (Fsp3) is 0.667. The van der Waals surface area contributed by atoms with Crippen LogP contribution in [0.4, 0.5) is 8.78 Å². The Hall–Kier alpha value is -1.59. The number of rotatable bonds is 4. The second-order valence-electron chi connectivity index (χ2n) is 5.52. The van der Waals surface area contributed by atoms with Crippen LogP contribution in [0, 0.1) is 5.92 Å². The number of nitrogens with zero attached hydrogens (tertiary/aromatic N) is 2. The van der Waals surface area contributed by atoms with E-state index in [1.165, 1.54) is 6.20 Å². The summed E-state index contributed by atoms with van der Waals surface area (Å²) in [6, 6.07) is 0. The van der Waals surface area contributed by atoms with Gasteiger partial charge < -0.3 is 4.74 Å². The van der Waals surface area contributed by atoms with Crippen LogP contribution in [-0.2, 0) is 4.74 Å². The van der Waals surface area contributed by atoms with E-state index in [4.69, 9.17) is 4.74 Å². The van der Waals surface area contributed by atoms with Gasteiger partial charge in [0.1, 0.15) is 17.1 Å². The topological polar surface area (TPSA) is 52.1 Å². The van der Waals surface area contributed by atoms with E-state index in [0.29, 0.717) is 11.7 Å². The van der Waals surface area contributed by atoms with Crippen molar-refractivity contribution in [3.63, 3.8) is 0 Å². The van der Waals surface area contributed by atoms with Crippen LogP contribution >= 0.6 is 0 Å². The van der Waals surface area contributed by atoms with Crippen LogP contribution in [0.5, 0.6) is 0 Å². The minimum absolute atomic E-state index is 0.0995. The Morgan fingerprint density at radius 2 is 2.24 bits per heavy atom. The highest BCUT2D eigenvalue weighted by molar-refractivity contribution is 5.90. The number of halogens is 2. The van der Waals surface area contributed by atoms with Crippen LogP contribution in [0.3, 0.4) is 0 Å². The van der Waals surface area contributed by atoms with Gasteiger partial charge in [0.15, 0.2) is 0 Å². The van der Waals surface area contributed by atoms with Crippen molar-refractivity contribution in [2.75, 3.05) is 6.61 Å². The number of hydrogen-bond acceptors (Lipinski definition) is 4. The zero-order chi connectivity index (χ0) is 15.4. The normalized spacial score (nSPS) is 22.3. The molecule has 1 aliphatic rings. The molecular weight excluding hydrogens is 278 g/mol. The lowest BCUT2D eigenvalue weighted by molar-refractivity contribution is 0.0512. The first-order chi connectivity index (χ1) is 10.0. The molecule has 0 radical (unpaired) electrons. The second-order valence-corrected chi connectivity index (χ2v) is 5.52. The molecule has 0 bridgehead atoms. The van der Waals surface area contributed by atoms with Crippen LogP contribution in [0.15, 0.2) is 6.20 Å². The number of esters is 1. The summed E-state index contributed by atoms with van der Waals surface area (Å²) in [5.41, 5.74) is -0.754. The Morgan fingerprint density at radius 1 is 1.48 bits per heavy atom. The SMILES string of the molecule is CCOC(=O)c1cnc(C2CCCC(C)C2)nc1C(F)F. The lowest BCUT2D eigenvalue weighted by Crippen LogP contribution is -2.18. The Kier molecular flexibility index (Phi) is 5.20. The zero-order valence-corrected chi connectivity index (χ0v) is 12.3. The molecule has 6 heteroatoms. The molecule has 1 aromatic heterocycles. The maximum Gasteiger partial charge on any atom is 0.341 e. The summed E-state index contributed by atoms with van der Waals surface area (Å²) in [6.45, 7) is 3.90. The minimum Gasteiger partial charge on any atom is -0.462 e. The molecule has 0 aliphatic heterocycles. The molecule has 2 atom stereocenters. The van der Waals surface area contributed by atoms with Crippen molar-refractivity contribution < 1.29 is 18.3 Å². The van der Waals surface area contributed by atoms with E-state index in [9.17, 15) is 13.6 Å². The lowest BCUT2D eigenvalue weighted by atomic mass is 9.82. The lowest BCUT2D eigenvalue weighted by Gasteiger charge is -2.25. The number of carbonyl (C=O) groups excluding carboxylic acids is 1.